The van der Waals surface area contributed by atoms with Gasteiger partial charge in [-0.05, 0) is 12.1 Å². The first-order valence-corrected chi connectivity index (χ1v) is 4.65. The van der Waals surface area contributed by atoms with E-state index in [-0.39, 0.29) is 0 Å². The van der Waals surface area contributed by atoms with Crippen LogP contribution in [0.15, 0.2) is 29.4 Å². The topological polar surface area (TPSA) is 56.0 Å². The van der Waals surface area contributed by atoms with Crippen LogP contribution in [0.3, 0.4) is 0 Å². The molecule has 0 saturated heterocycles. The van der Waals surface area contributed by atoms with Crippen LogP contribution in [0.25, 0.3) is 0 Å². The van der Waals surface area contributed by atoms with Crippen molar-refractivity contribution in [2.24, 2.45) is 5.73 Å². The Kier molecular flexibility index (Phi) is 3.19. The molecule has 2 N–H and O–H groups in total. The summed E-state index contributed by atoms with van der Waals surface area (Å²) in [5, 5.41) is 0. The zero-order valence-corrected chi connectivity index (χ0v) is 6.88. The third-order valence-corrected chi connectivity index (χ3v) is 2.62. The molecule has 1 atom stereocenters. The number of hydrogen-bond acceptors (Lipinski definition) is 3. The number of nitrogens with zero attached hydrogens (tertiary/aromatic N) is 1. The maximum Gasteiger partial charge on any atom is 0.0543 e. The molecule has 0 bridgehead atoms. The van der Waals surface area contributed by atoms with Crippen molar-refractivity contribution < 1.29 is 4.21 Å². The fourth-order valence-electron chi connectivity index (χ4n) is 0.715. The maximum absolute atomic E-state index is 11.2. The van der Waals surface area contributed by atoms with E-state index in [9.17, 15) is 4.21 Å². The monoisotopic (exact) mass is 170 g/mol. The quantitative estimate of drug-likeness (QED) is 0.702. The van der Waals surface area contributed by atoms with Gasteiger partial charge in [0.15, 0.2) is 0 Å². The first kappa shape index (κ1) is 8.36. The van der Waals surface area contributed by atoms with E-state index in [0.29, 0.717) is 12.3 Å². The standard InChI is InChI=1S/C7H10N2OS/c8-3-6-11(10)7-1-4-9-5-2-7/h1-2,4-5H,3,6,8H2. The summed E-state index contributed by atoms with van der Waals surface area (Å²) in [6, 6.07) is 3.48. The Morgan fingerprint density at radius 2 is 2.09 bits per heavy atom. The number of aromatic nitrogens is 1. The molecule has 0 aliphatic rings. The molecule has 3 nitrogen and oxygen atoms in total. The molecule has 1 unspecified atom stereocenters. The summed E-state index contributed by atoms with van der Waals surface area (Å²) < 4.78 is 11.2. The lowest BCUT2D eigenvalue weighted by molar-refractivity contribution is 0.682. The van der Waals surface area contributed by atoms with E-state index < -0.39 is 10.8 Å². The van der Waals surface area contributed by atoms with Crippen molar-refractivity contribution in [2.45, 2.75) is 4.90 Å². The molecule has 4 heteroatoms. The van der Waals surface area contributed by atoms with E-state index in [0.717, 1.165) is 4.90 Å². The summed E-state index contributed by atoms with van der Waals surface area (Å²) in [6.45, 7) is 0.453. The number of rotatable bonds is 3. The van der Waals surface area contributed by atoms with Crippen LogP contribution in [-0.2, 0) is 10.8 Å². The van der Waals surface area contributed by atoms with Crippen LogP contribution in [0.5, 0.6) is 0 Å². The minimum atomic E-state index is -0.948. The van der Waals surface area contributed by atoms with Gasteiger partial charge in [-0.25, -0.2) is 0 Å². The summed E-state index contributed by atoms with van der Waals surface area (Å²) in [5.74, 6) is 0.518. The van der Waals surface area contributed by atoms with E-state index in [1.807, 2.05) is 0 Å². The first-order chi connectivity index (χ1) is 5.34. The molecule has 1 aromatic heterocycles. The van der Waals surface area contributed by atoms with Gasteiger partial charge in [0.25, 0.3) is 0 Å². The maximum atomic E-state index is 11.2. The molecule has 0 aliphatic heterocycles. The normalized spacial score (nSPS) is 12.8. The van der Waals surface area contributed by atoms with Gasteiger partial charge in [0.05, 0.1) is 10.8 Å². The predicted octanol–water partition coefficient (Wildman–Crippen LogP) is 0.148. The second-order valence-electron chi connectivity index (χ2n) is 2.02. The molecule has 1 rings (SSSR count). The highest BCUT2D eigenvalue weighted by Crippen LogP contribution is 2.02. The third kappa shape index (κ3) is 2.40. The van der Waals surface area contributed by atoms with Crippen molar-refractivity contribution in [3.63, 3.8) is 0 Å². The molecular weight excluding hydrogens is 160 g/mol. The second kappa shape index (κ2) is 4.20. The summed E-state index contributed by atoms with van der Waals surface area (Å²) >= 11 is 0. The van der Waals surface area contributed by atoms with Gasteiger partial charge in [0, 0.05) is 29.6 Å². The predicted molar refractivity (Wildman–Crippen MR) is 44.6 cm³/mol. The molecule has 0 radical (unpaired) electrons. The van der Waals surface area contributed by atoms with Gasteiger partial charge in [-0.1, -0.05) is 0 Å². The molecule has 0 aliphatic carbocycles. The van der Waals surface area contributed by atoms with Gasteiger partial charge in [-0.15, -0.1) is 0 Å². The van der Waals surface area contributed by atoms with Crippen LogP contribution in [0.1, 0.15) is 0 Å². The SMILES string of the molecule is NCCS(=O)c1ccncc1. The highest BCUT2D eigenvalue weighted by molar-refractivity contribution is 7.85. The van der Waals surface area contributed by atoms with Gasteiger partial charge in [0.2, 0.25) is 0 Å². The van der Waals surface area contributed by atoms with Crippen molar-refractivity contribution in [1.29, 1.82) is 0 Å². The summed E-state index contributed by atoms with van der Waals surface area (Å²) in [6.07, 6.45) is 3.26. The zero-order chi connectivity index (χ0) is 8.10. The van der Waals surface area contributed by atoms with E-state index >= 15 is 0 Å². The van der Waals surface area contributed by atoms with Gasteiger partial charge in [-0.3, -0.25) is 9.19 Å². The highest BCUT2D eigenvalue weighted by atomic mass is 32.2. The summed E-state index contributed by atoms with van der Waals surface area (Å²) in [4.78, 5) is 4.62. The highest BCUT2D eigenvalue weighted by Gasteiger charge is 1.99. The Hall–Kier alpha value is -0.740. The Morgan fingerprint density at radius 3 is 2.64 bits per heavy atom. The molecule has 11 heavy (non-hydrogen) atoms. The number of pyridine rings is 1. The molecule has 0 saturated carbocycles. The van der Waals surface area contributed by atoms with Gasteiger partial charge in [-0.2, -0.15) is 0 Å². The molecule has 60 valence electrons. The lowest BCUT2D eigenvalue weighted by Crippen LogP contribution is -2.10. The van der Waals surface area contributed by atoms with Crippen molar-refractivity contribution in [3.8, 4) is 0 Å². The fourth-order valence-corrected chi connectivity index (χ4v) is 1.59. The minimum absolute atomic E-state index is 0.453. The molecule has 0 amide bonds. The zero-order valence-electron chi connectivity index (χ0n) is 6.06. The second-order valence-corrected chi connectivity index (χ2v) is 3.59. The third-order valence-electron chi connectivity index (χ3n) is 1.22. The molecule has 1 heterocycles. The molecular formula is C7H10N2OS. The fraction of sp³-hybridized carbons (Fsp3) is 0.286. The number of nitrogens with two attached hydrogens (primary N) is 1. The molecule has 1 aromatic rings. The molecule has 0 fully saturated rings. The average molecular weight is 170 g/mol. The summed E-state index contributed by atoms with van der Waals surface area (Å²) in [5.41, 5.74) is 5.26. The van der Waals surface area contributed by atoms with Gasteiger partial charge < -0.3 is 5.73 Å². The Labute approximate surface area is 68.1 Å². The smallest absolute Gasteiger partial charge is 0.0543 e. The van der Waals surface area contributed by atoms with Gasteiger partial charge >= 0.3 is 0 Å². The Bertz CT molecular complexity index is 237. The van der Waals surface area contributed by atoms with Crippen LogP contribution >= 0.6 is 0 Å². The average Bonchev–Trinajstić information content (AvgIpc) is 2.07. The van der Waals surface area contributed by atoms with E-state index in [1.54, 1.807) is 24.5 Å². The van der Waals surface area contributed by atoms with Crippen molar-refractivity contribution >= 4 is 10.8 Å². The van der Waals surface area contributed by atoms with Crippen molar-refractivity contribution in [3.05, 3.63) is 24.5 Å². The van der Waals surface area contributed by atoms with Crippen LogP contribution < -0.4 is 5.73 Å². The lowest BCUT2D eigenvalue weighted by atomic mass is 10.5. The Morgan fingerprint density at radius 1 is 1.45 bits per heavy atom. The minimum Gasteiger partial charge on any atom is -0.330 e. The van der Waals surface area contributed by atoms with E-state index in [1.165, 1.54) is 0 Å². The van der Waals surface area contributed by atoms with Gasteiger partial charge in [0.1, 0.15) is 0 Å². The summed E-state index contributed by atoms with van der Waals surface area (Å²) in [7, 11) is -0.948. The van der Waals surface area contributed by atoms with Crippen molar-refractivity contribution in [1.82, 2.24) is 4.98 Å². The lowest BCUT2D eigenvalue weighted by Gasteiger charge is -1.97. The van der Waals surface area contributed by atoms with Crippen LogP contribution in [-0.4, -0.2) is 21.5 Å². The molecule has 0 aromatic carbocycles. The molecule has 0 spiro atoms. The largest absolute Gasteiger partial charge is 0.330 e. The van der Waals surface area contributed by atoms with Crippen LogP contribution in [0.4, 0.5) is 0 Å². The first-order valence-electron chi connectivity index (χ1n) is 3.33. The van der Waals surface area contributed by atoms with Crippen LogP contribution in [0.2, 0.25) is 0 Å². The number of hydrogen-bond donors (Lipinski definition) is 1. The van der Waals surface area contributed by atoms with E-state index in [4.69, 9.17) is 5.73 Å². The van der Waals surface area contributed by atoms with E-state index in [2.05, 4.69) is 4.98 Å². The van der Waals surface area contributed by atoms with Crippen LogP contribution in [0, 0.1) is 0 Å². The van der Waals surface area contributed by atoms with Crippen molar-refractivity contribution in [2.75, 3.05) is 12.3 Å². The Balaban J connectivity index is 2.69.